The molecule has 0 saturated heterocycles. The average molecular weight is 191 g/mol. The van der Waals surface area contributed by atoms with E-state index in [2.05, 4.69) is 0 Å². The van der Waals surface area contributed by atoms with Crippen LogP contribution in [0.25, 0.3) is 0 Å². The van der Waals surface area contributed by atoms with E-state index in [1.807, 2.05) is 19.1 Å². The lowest BCUT2D eigenvalue weighted by Gasteiger charge is -2.09. The summed E-state index contributed by atoms with van der Waals surface area (Å²) in [6.45, 7) is 3.65. The zero-order chi connectivity index (χ0) is 10.6. The molecule has 0 fully saturated rings. The van der Waals surface area contributed by atoms with Gasteiger partial charge in [0.25, 0.3) is 0 Å². The quantitative estimate of drug-likeness (QED) is 0.794. The van der Waals surface area contributed by atoms with E-state index in [1.165, 1.54) is 0 Å². The summed E-state index contributed by atoms with van der Waals surface area (Å²) in [4.78, 5) is 0. The normalized spacial score (nSPS) is 11.9. The van der Waals surface area contributed by atoms with Crippen LogP contribution in [0.5, 0.6) is 5.75 Å². The lowest BCUT2D eigenvalue weighted by molar-refractivity contribution is 0.199. The maximum atomic E-state index is 9.32. The first-order valence-electron chi connectivity index (χ1n) is 4.43. The van der Waals surface area contributed by atoms with Crippen LogP contribution in [0.2, 0.25) is 0 Å². The standard InChI is InChI=1S/C11H13NO2/c1-8-7-10(9(2)13)3-4-11(8)14-6-5-12/h3-4,7,9,13H,6H2,1-2H3. The molecule has 0 amide bonds. The first kappa shape index (κ1) is 10.6. The molecule has 1 atom stereocenters. The molecule has 1 rings (SSSR count). The van der Waals surface area contributed by atoms with Crippen molar-refractivity contribution in [3.63, 3.8) is 0 Å². The Balaban J connectivity index is 2.85. The summed E-state index contributed by atoms with van der Waals surface area (Å²) in [5.74, 6) is 0.691. The van der Waals surface area contributed by atoms with Crippen LogP contribution in [0.15, 0.2) is 18.2 Å². The molecule has 3 heteroatoms. The predicted octanol–water partition coefficient (Wildman–Crippen LogP) is 1.95. The second kappa shape index (κ2) is 4.64. The van der Waals surface area contributed by atoms with Crippen LogP contribution >= 0.6 is 0 Å². The molecular formula is C11H13NO2. The zero-order valence-corrected chi connectivity index (χ0v) is 8.32. The molecule has 0 aliphatic carbocycles. The van der Waals surface area contributed by atoms with Crippen molar-refractivity contribution in [1.29, 1.82) is 5.26 Å². The van der Waals surface area contributed by atoms with Crippen LogP contribution in [0.3, 0.4) is 0 Å². The molecular weight excluding hydrogens is 178 g/mol. The minimum absolute atomic E-state index is 0.0505. The van der Waals surface area contributed by atoms with Gasteiger partial charge >= 0.3 is 0 Å². The lowest BCUT2D eigenvalue weighted by atomic mass is 10.1. The second-order valence-corrected chi connectivity index (χ2v) is 3.15. The van der Waals surface area contributed by atoms with Crippen LogP contribution in [-0.2, 0) is 0 Å². The SMILES string of the molecule is Cc1cc(C(C)O)ccc1OCC#N. The highest BCUT2D eigenvalue weighted by atomic mass is 16.5. The molecule has 3 nitrogen and oxygen atoms in total. The van der Waals surface area contributed by atoms with E-state index in [1.54, 1.807) is 19.1 Å². The van der Waals surface area contributed by atoms with E-state index in [0.717, 1.165) is 11.1 Å². The van der Waals surface area contributed by atoms with E-state index in [0.29, 0.717) is 5.75 Å². The van der Waals surface area contributed by atoms with Gasteiger partial charge in [-0.2, -0.15) is 5.26 Å². The van der Waals surface area contributed by atoms with E-state index in [4.69, 9.17) is 10.00 Å². The summed E-state index contributed by atoms with van der Waals surface area (Å²) in [7, 11) is 0. The number of benzene rings is 1. The van der Waals surface area contributed by atoms with Crippen molar-refractivity contribution in [3.05, 3.63) is 29.3 Å². The van der Waals surface area contributed by atoms with Crippen molar-refractivity contribution >= 4 is 0 Å². The highest BCUT2D eigenvalue weighted by Crippen LogP contribution is 2.22. The van der Waals surface area contributed by atoms with Crippen molar-refractivity contribution < 1.29 is 9.84 Å². The first-order chi connectivity index (χ1) is 6.65. The Morgan fingerprint density at radius 3 is 2.79 bits per heavy atom. The molecule has 0 heterocycles. The fourth-order valence-corrected chi connectivity index (χ4v) is 1.20. The molecule has 74 valence electrons. The molecule has 0 spiro atoms. The summed E-state index contributed by atoms with van der Waals surface area (Å²) in [5, 5.41) is 17.7. The average Bonchev–Trinajstić information content (AvgIpc) is 2.15. The summed E-state index contributed by atoms with van der Waals surface area (Å²) in [5.41, 5.74) is 1.78. The second-order valence-electron chi connectivity index (χ2n) is 3.15. The van der Waals surface area contributed by atoms with Crippen molar-refractivity contribution in [3.8, 4) is 11.8 Å². The fourth-order valence-electron chi connectivity index (χ4n) is 1.20. The minimum atomic E-state index is -0.473. The molecule has 1 N–H and O–H groups in total. The third kappa shape index (κ3) is 2.48. The van der Waals surface area contributed by atoms with Gasteiger partial charge in [-0.1, -0.05) is 6.07 Å². The molecule has 1 unspecified atom stereocenters. The maximum Gasteiger partial charge on any atom is 0.174 e. The summed E-state index contributed by atoms with van der Waals surface area (Å²) < 4.78 is 5.18. The number of ether oxygens (including phenoxy) is 1. The minimum Gasteiger partial charge on any atom is -0.478 e. The molecule has 0 radical (unpaired) electrons. The van der Waals surface area contributed by atoms with Gasteiger partial charge in [0, 0.05) is 0 Å². The summed E-state index contributed by atoms with van der Waals surface area (Å²) in [6, 6.07) is 7.34. The Bertz CT molecular complexity index is 353. The van der Waals surface area contributed by atoms with Crippen molar-refractivity contribution in [2.45, 2.75) is 20.0 Å². The number of aliphatic hydroxyl groups is 1. The number of rotatable bonds is 3. The Morgan fingerprint density at radius 1 is 1.57 bits per heavy atom. The van der Waals surface area contributed by atoms with Gasteiger partial charge in [0.05, 0.1) is 6.10 Å². The van der Waals surface area contributed by atoms with E-state index < -0.39 is 6.10 Å². The Hall–Kier alpha value is -1.53. The first-order valence-corrected chi connectivity index (χ1v) is 4.43. The zero-order valence-electron chi connectivity index (χ0n) is 8.32. The van der Waals surface area contributed by atoms with E-state index in [-0.39, 0.29) is 6.61 Å². The lowest BCUT2D eigenvalue weighted by Crippen LogP contribution is -1.97. The summed E-state index contributed by atoms with van der Waals surface area (Å²) in [6.07, 6.45) is -0.473. The van der Waals surface area contributed by atoms with Crippen LogP contribution < -0.4 is 4.74 Å². The molecule has 0 aliphatic rings. The van der Waals surface area contributed by atoms with Crippen molar-refractivity contribution in [2.75, 3.05) is 6.61 Å². The highest BCUT2D eigenvalue weighted by molar-refractivity contribution is 5.37. The smallest absolute Gasteiger partial charge is 0.174 e. The van der Waals surface area contributed by atoms with Gasteiger partial charge < -0.3 is 9.84 Å². The molecule has 0 aromatic heterocycles. The molecule has 0 bridgehead atoms. The van der Waals surface area contributed by atoms with Crippen LogP contribution in [0.4, 0.5) is 0 Å². The molecule has 14 heavy (non-hydrogen) atoms. The van der Waals surface area contributed by atoms with E-state index in [9.17, 15) is 5.11 Å². The monoisotopic (exact) mass is 191 g/mol. The third-order valence-corrected chi connectivity index (χ3v) is 1.97. The topological polar surface area (TPSA) is 53.2 Å². The molecule has 0 aliphatic heterocycles. The van der Waals surface area contributed by atoms with Gasteiger partial charge in [-0.05, 0) is 37.1 Å². The van der Waals surface area contributed by atoms with Crippen LogP contribution in [0, 0.1) is 18.3 Å². The largest absolute Gasteiger partial charge is 0.478 e. The Morgan fingerprint density at radius 2 is 2.29 bits per heavy atom. The Kier molecular flexibility index (Phi) is 3.49. The highest BCUT2D eigenvalue weighted by Gasteiger charge is 2.04. The van der Waals surface area contributed by atoms with Crippen LogP contribution in [-0.4, -0.2) is 11.7 Å². The summed E-state index contributed by atoms with van der Waals surface area (Å²) >= 11 is 0. The number of aryl methyl sites for hydroxylation is 1. The number of nitrogens with zero attached hydrogens (tertiary/aromatic N) is 1. The number of aliphatic hydroxyl groups excluding tert-OH is 1. The van der Waals surface area contributed by atoms with Gasteiger partial charge in [0.2, 0.25) is 0 Å². The van der Waals surface area contributed by atoms with Gasteiger partial charge in [0.15, 0.2) is 6.61 Å². The third-order valence-electron chi connectivity index (χ3n) is 1.97. The molecule has 0 saturated carbocycles. The van der Waals surface area contributed by atoms with Gasteiger partial charge in [0.1, 0.15) is 11.8 Å². The van der Waals surface area contributed by atoms with Gasteiger partial charge in [-0.15, -0.1) is 0 Å². The number of hydrogen-bond acceptors (Lipinski definition) is 3. The van der Waals surface area contributed by atoms with Gasteiger partial charge in [-0.25, -0.2) is 0 Å². The fraction of sp³-hybridized carbons (Fsp3) is 0.364. The number of nitriles is 1. The van der Waals surface area contributed by atoms with Crippen molar-refractivity contribution in [2.24, 2.45) is 0 Å². The predicted molar refractivity (Wildman–Crippen MR) is 52.9 cm³/mol. The van der Waals surface area contributed by atoms with Gasteiger partial charge in [-0.3, -0.25) is 0 Å². The van der Waals surface area contributed by atoms with Crippen LogP contribution in [0.1, 0.15) is 24.2 Å². The molecule has 1 aromatic rings. The van der Waals surface area contributed by atoms with Crippen molar-refractivity contribution in [1.82, 2.24) is 0 Å². The molecule has 1 aromatic carbocycles. The Labute approximate surface area is 83.6 Å². The maximum absolute atomic E-state index is 9.32. The number of hydrogen-bond donors (Lipinski definition) is 1. The van der Waals surface area contributed by atoms with E-state index >= 15 is 0 Å².